The SMILES string of the molecule is CCc1nnc(C)cc1C(NN)c1csc(C)c1. The lowest BCUT2D eigenvalue weighted by Gasteiger charge is -2.18. The Balaban J connectivity index is 2.47. The maximum Gasteiger partial charge on any atom is 0.0737 e. The van der Waals surface area contributed by atoms with Crippen molar-refractivity contribution in [1.82, 2.24) is 15.6 Å². The molecule has 0 saturated carbocycles. The fourth-order valence-corrected chi connectivity index (χ4v) is 2.77. The van der Waals surface area contributed by atoms with Crippen molar-refractivity contribution < 1.29 is 0 Å². The summed E-state index contributed by atoms with van der Waals surface area (Å²) in [5.41, 5.74) is 7.09. The van der Waals surface area contributed by atoms with E-state index >= 15 is 0 Å². The van der Waals surface area contributed by atoms with E-state index in [0.717, 1.165) is 23.4 Å². The Labute approximate surface area is 111 Å². The van der Waals surface area contributed by atoms with Crippen molar-refractivity contribution in [2.75, 3.05) is 0 Å². The van der Waals surface area contributed by atoms with Crippen LogP contribution in [0.5, 0.6) is 0 Å². The second-order valence-corrected chi connectivity index (χ2v) is 5.45. The van der Waals surface area contributed by atoms with E-state index in [4.69, 9.17) is 5.84 Å². The number of thiophene rings is 1. The van der Waals surface area contributed by atoms with Crippen molar-refractivity contribution >= 4 is 11.3 Å². The summed E-state index contributed by atoms with van der Waals surface area (Å²) >= 11 is 1.73. The molecule has 0 amide bonds. The largest absolute Gasteiger partial charge is 0.271 e. The fraction of sp³-hybridized carbons (Fsp3) is 0.385. The molecule has 2 rings (SSSR count). The molecule has 96 valence electrons. The van der Waals surface area contributed by atoms with Gasteiger partial charge in [0.1, 0.15) is 0 Å². The van der Waals surface area contributed by atoms with Crippen molar-refractivity contribution in [3.05, 3.63) is 44.9 Å². The van der Waals surface area contributed by atoms with Gasteiger partial charge < -0.3 is 0 Å². The van der Waals surface area contributed by atoms with E-state index < -0.39 is 0 Å². The second-order valence-electron chi connectivity index (χ2n) is 4.33. The highest BCUT2D eigenvalue weighted by molar-refractivity contribution is 7.10. The molecule has 4 nitrogen and oxygen atoms in total. The van der Waals surface area contributed by atoms with Gasteiger partial charge in [-0.25, -0.2) is 5.43 Å². The third-order valence-electron chi connectivity index (χ3n) is 2.92. The molecule has 1 atom stereocenters. The van der Waals surface area contributed by atoms with Crippen LogP contribution in [0, 0.1) is 13.8 Å². The molecule has 0 spiro atoms. The molecule has 0 aliphatic heterocycles. The summed E-state index contributed by atoms with van der Waals surface area (Å²) in [5, 5.41) is 10.5. The Morgan fingerprint density at radius 1 is 1.33 bits per heavy atom. The number of hydrogen-bond donors (Lipinski definition) is 2. The minimum Gasteiger partial charge on any atom is -0.271 e. The minimum absolute atomic E-state index is 0.0147. The van der Waals surface area contributed by atoms with Gasteiger partial charge in [-0.2, -0.15) is 10.2 Å². The number of nitrogens with zero attached hydrogens (tertiary/aromatic N) is 2. The zero-order valence-corrected chi connectivity index (χ0v) is 11.7. The quantitative estimate of drug-likeness (QED) is 0.655. The number of hydrogen-bond acceptors (Lipinski definition) is 5. The van der Waals surface area contributed by atoms with Crippen LogP contribution in [0.1, 0.15) is 40.4 Å². The van der Waals surface area contributed by atoms with Gasteiger partial charge in [0.2, 0.25) is 0 Å². The van der Waals surface area contributed by atoms with Gasteiger partial charge in [0, 0.05) is 10.4 Å². The predicted octanol–water partition coefficient (Wildman–Crippen LogP) is 2.27. The third kappa shape index (κ3) is 2.58. The van der Waals surface area contributed by atoms with Gasteiger partial charge in [-0.1, -0.05) is 6.92 Å². The molecule has 0 aliphatic rings. The van der Waals surface area contributed by atoms with Crippen molar-refractivity contribution in [3.8, 4) is 0 Å². The zero-order valence-electron chi connectivity index (χ0n) is 10.9. The molecule has 3 N–H and O–H groups in total. The van der Waals surface area contributed by atoms with E-state index in [1.54, 1.807) is 11.3 Å². The first-order chi connectivity index (χ1) is 8.65. The van der Waals surface area contributed by atoms with Crippen molar-refractivity contribution in [2.24, 2.45) is 5.84 Å². The maximum absolute atomic E-state index is 5.73. The van der Waals surface area contributed by atoms with Crippen LogP contribution in [0.2, 0.25) is 0 Å². The zero-order chi connectivity index (χ0) is 13.1. The number of nitrogens with two attached hydrogens (primary N) is 1. The highest BCUT2D eigenvalue weighted by Gasteiger charge is 2.18. The van der Waals surface area contributed by atoms with Crippen LogP contribution in [0.15, 0.2) is 17.5 Å². The lowest BCUT2D eigenvalue weighted by molar-refractivity contribution is 0.623. The third-order valence-corrected chi connectivity index (χ3v) is 3.80. The molecule has 2 aromatic rings. The molecule has 18 heavy (non-hydrogen) atoms. The standard InChI is InChI=1S/C13H18N4S/c1-4-12-11(5-8(2)16-17-12)13(15-14)10-6-9(3)18-7-10/h5-7,13,15H,4,14H2,1-3H3. The highest BCUT2D eigenvalue weighted by atomic mass is 32.1. The first kappa shape index (κ1) is 13.1. The van der Waals surface area contributed by atoms with Crippen LogP contribution in [-0.2, 0) is 6.42 Å². The van der Waals surface area contributed by atoms with Gasteiger partial charge in [0.05, 0.1) is 17.4 Å². The summed E-state index contributed by atoms with van der Waals surface area (Å²) in [6.07, 6.45) is 0.851. The molecule has 5 heteroatoms. The Bertz CT molecular complexity index is 536. The Kier molecular flexibility index (Phi) is 4.06. The number of nitrogens with one attached hydrogen (secondary N) is 1. The average molecular weight is 262 g/mol. The van der Waals surface area contributed by atoms with E-state index in [0.29, 0.717) is 0 Å². The van der Waals surface area contributed by atoms with E-state index in [1.807, 2.05) is 6.92 Å². The van der Waals surface area contributed by atoms with Gasteiger partial charge >= 0.3 is 0 Å². The molecule has 2 heterocycles. The molecule has 0 aromatic carbocycles. The summed E-state index contributed by atoms with van der Waals surface area (Å²) in [5.74, 6) is 5.73. The fourth-order valence-electron chi connectivity index (χ4n) is 2.04. The monoisotopic (exact) mass is 262 g/mol. The molecule has 0 bridgehead atoms. The maximum atomic E-state index is 5.73. The number of rotatable bonds is 4. The second kappa shape index (κ2) is 5.56. The first-order valence-corrected chi connectivity index (χ1v) is 6.88. The Morgan fingerprint density at radius 2 is 2.11 bits per heavy atom. The van der Waals surface area contributed by atoms with Crippen LogP contribution in [0.25, 0.3) is 0 Å². The molecular weight excluding hydrogens is 244 g/mol. The summed E-state index contributed by atoms with van der Waals surface area (Å²) in [4.78, 5) is 1.28. The van der Waals surface area contributed by atoms with Gasteiger partial charge in [0.25, 0.3) is 0 Å². The number of hydrazine groups is 1. The molecule has 0 aliphatic carbocycles. The van der Waals surface area contributed by atoms with Crippen molar-refractivity contribution in [1.29, 1.82) is 0 Å². The van der Waals surface area contributed by atoms with Gasteiger partial charge in [0.15, 0.2) is 0 Å². The molecule has 1 unspecified atom stereocenters. The highest BCUT2D eigenvalue weighted by Crippen LogP contribution is 2.27. The summed E-state index contributed by atoms with van der Waals surface area (Å²) < 4.78 is 0. The number of aryl methyl sites for hydroxylation is 3. The van der Waals surface area contributed by atoms with Gasteiger partial charge in [-0.3, -0.25) is 5.84 Å². The Hall–Kier alpha value is -1.30. The normalized spacial score (nSPS) is 12.7. The topological polar surface area (TPSA) is 63.8 Å². The molecule has 0 radical (unpaired) electrons. The van der Waals surface area contributed by atoms with E-state index in [9.17, 15) is 0 Å². The molecule has 2 aromatic heterocycles. The van der Waals surface area contributed by atoms with Crippen LogP contribution in [0.3, 0.4) is 0 Å². The minimum atomic E-state index is -0.0147. The van der Waals surface area contributed by atoms with Crippen LogP contribution < -0.4 is 11.3 Å². The molecular formula is C13H18N4S. The van der Waals surface area contributed by atoms with Crippen LogP contribution in [-0.4, -0.2) is 10.2 Å². The molecule has 0 fully saturated rings. The van der Waals surface area contributed by atoms with E-state index in [-0.39, 0.29) is 6.04 Å². The average Bonchev–Trinajstić information content (AvgIpc) is 2.77. The summed E-state index contributed by atoms with van der Waals surface area (Å²) in [6.45, 7) is 6.12. The van der Waals surface area contributed by atoms with E-state index in [2.05, 4.69) is 47.0 Å². The number of aromatic nitrogens is 2. The lowest BCUT2D eigenvalue weighted by atomic mass is 9.99. The smallest absolute Gasteiger partial charge is 0.0737 e. The van der Waals surface area contributed by atoms with Crippen LogP contribution in [0.4, 0.5) is 0 Å². The van der Waals surface area contributed by atoms with Gasteiger partial charge in [-0.05, 0) is 43.3 Å². The summed E-state index contributed by atoms with van der Waals surface area (Å²) in [6, 6.07) is 4.20. The predicted molar refractivity (Wildman–Crippen MR) is 74.4 cm³/mol. The van der Waals surface area contributed by atoms with Crippen molar-refractivity contribution in [3.63, 3.8) is 0 Å². The summed E-state index contributed by atoms with van der Waals surface area (Å²) in [7, 11) is 0. The van der Waals surface area contributed by atoms with Crippen molar-refractivity contribution in [2.45, 2.75) is 33.2 Å². The van der Waals surface area contributed by atoms with E-state index in [1.165, 1.54) is 10.4 Å². The van der Waals surface area contributed by atoms with Crippen LogP contribution >= 0.6 is 11.3 Å². The van der Waals surface area contributed by atoms with Gasteiger partial charge in [-0.15, -0.1) is 11.3 Å². The molecule has 0 saturated heterocycles. The Morgan fingerprint density at radius 3 is 2.67 bits per heavy atom. The first-order valence-electron chi connectivity index (χ1n) is 6.00. The lowest BCUT2D eigenvalue weighted by Crippen LogP contribution is -2.29.